The summed E-state index contributed by atoms with van der Waals surface area (Å²) in [6.45, 7) is 8.48. The van der Waals surface area contributed by atoms with Crippen LogP contribution >= 0.6 is 0 Å². The fraction of sp³-hybridized carbons (Fsp3) is 0.846. The van der Waals surface area contributed by atoms with Gasteiger partial charge in [0.2, 0.25) is 0 Å². The van der Waals surface area contributed by atoms with Gasteiger partial charge in [-0.25, -0.2) is 0 Å². The van der Waals surface area contributed by atoms with E-state index in [2.05, 4.69) is 29.5 Å². The van der Waals surface area contributed by atoms with E-state index in [0.29, 0.717) is 17.8 Å². The first-order valence-electron chi connectivity index (χ1n) is 6.59. The second-order valence-corrected chi connectivity index (χ2v) is 6.09. The van der Waals surface area contributed by atoms with Crippen LogP contribution in [0.25, 0.3) is 0 Å². The Labute approximate surface area is 103 Å². The number of amides is 1. The Morgan fingerprint density at radius 2 is 1.88 bits per heavy atom. The van der Waals surface area contributed by atoms with Gasteiger partial charge in [0.15, 0.2) is 5.96 Å². The molecule has 0 aromatic carbocycles. The van der Waals surface area contributed by atoms with Gasteiger partial charge in [0.1, 0.15) is 5.54 Å². The van der Waals surface area contributed by atoms with Crippen molar-refractivity contribution in [2.75, 3.05) is 0 Å². The maximum atomic E-state index is 12.2. The molecule has 1 heterocycles. The summed E-state index contributed by atoms with van der Waals surface area (Å²) in [6.07, 6.45) is 3.05. The van der Waals surface area contributed by atoms with Crippen molar-refractivity contribution in [2.24, 2.45) is 16.8 Å². The minimum absolute atomic E-state index is 0.107. The summed E-state index contributed by atoms with van der Waals surface area (Å²) < 4.78 is 0. The molecule has 1 amide bonds. The highest BCUT2D eigenvalue weighted by Gasteiger charge is 2.48. The third-order valence-electron chi connectivity index (χ3n) is 3.61. The lowest BCUT2D eigenvalue weighted by molar-refractivity contribution is -0.126. The molecule has 4 nitrogen and oxygen atoms in total. The van der Waals surface area contributed by atoms with Crippen LogP contribution in [0.3, 0.4) is 0 Å². The van der Waals surface area contributed by atoms with Gasteiger partial charge in [-0.3, -0.25) is 15.1 Å². The number of guanidine groups is 1. The largest absolute Gasteiger partial charge is 0.342 e. The molecule has 1 aliphatic carbocycles. The van der Waals surface area contributed by atoms with E-state index >= 15 is 0 Å². The summed E-state index contributed by atoms with van der Waals surface area (Å²) in [5.41, 5.74) is -0.398. The summed E-state index contributed by atoms with van der Waals surface area (Å²) in [5.74, 6) is 1.95. The Morgan fingerprint density at radius 3 is 2.41 bits per heavy atom. The summed E-state index contributed by atoms with van der Waals surface area (Å²) in [5, 5.41) is 6.22. The number of rotatable bonds is 1. The van der Waals surface area contributed by atoms with E-state index in [9.17, 15) is 4.79 Å². The Bertz CT molecular complexity index is 339. The van der Waals surface area contributed by atoms with Gasteiger partial charge >= 0.3 is 0 Å². The van der Waals surface area contributed by atoms with Crippen molar-refractivity contribution >= 4 is 11.9 Å². The zero-order chi connectivity index (χ0) is 12.6. The van der Waals surface area contributed by atoms with Gasteiger partial charge in [0.25, 0.3) is 5.91 Å². The number of carbonyl (C=O) groups is 1. The van der Waals surface area contributed by atoms with E-state index < -0.39 is 5.54 Å². The van der Waals surface area contributed by atoms with Crippen molar-refractivity contribution in [3.05, 3.63) is 0 Å². The maximum absolute atomic E-state index is 12.2. The Balaban J connectivity index is 2.18. The highest BCUT2D eigenvalue weighted by Crippen LogP contribution is 2.37. The Morgan fingerprint density at radius 1 is 1.29 bits per heavy atom. The molecular formula is C13H23N3O. The molecule has 96 valence electrons. The Kier molecular flexibility index (Phi) is 3.15. The minimum atomic E-state index is -0.398. The van der Waals surface area contributed by atoms with Gasteiger partial charge in [-0.05, 0) is 44.9 Å². The molecule has 0 aromatic heterocycles. The van der Waals surface area contributed by atoms with Crippen LogP contribution in [0, 0.1) is 11.8 Å². The molecule has 1 spiro atoms. The fourth-order valence-electron chi connectivity index (χ4n) is 3.28. The van der Waals surface area contributed by atoms with Crippen LogP contribution in [0.4, 0.5) is 0 Å². The number of carbonyl (C=O) groups excluding carboxylic acids is 1. The quantitative estimate of drug-likeness (QED) is 0.729. The lowest BCUT2D eigenvalue weighted by Crippen LogP contribution is -2.51. The first-order valence-corrected chi connectivity index (χ1v) is 6.59. The van der Waals surface area contributed by atoms with E-state index in [1.165, 1.54) is 6.42 Å². The Hall–Kier alpha value is -1.06. The van der Waals surface area contributed by atoms with Crippen LogP contribution in [0.5, 0.6) is 0 Å². The fourth-order valence-corrected chi connectivity index (χ4v) is 3.28. The van der Waals surface area contributed by atoms with E-state index in [4.69, 9.17) is 0 Å². The number of aliphatic imine (C=N–C) groups is 1. The topological polar surface area (TPSA) is 53.5 Å². The number of nitrogens with zero attached hydrogens (tertiary/aromatic N) is 1. The van der Waals surface area contributed by atoms with Crippen LogP contribution in [0.2, 0.25) is 0 Å². The molecule has 2 aliphatic rings. The number of nitrogens with one attached hydrogen (secondary N) is 2. The van der Waals surface area contributed by atoms with Gasteiger partial charge in [0.05, 0.1) is 0 Å². The first-order chi connectivity index (χ1) is 7.91. The molecule has 1 aliphatic heterocycles. The van der Waals surface area contributed by atoms with E-state index in [0.717, 1.165) is 12.8 Å². The molecule has 1 saturated carbocycles. The van der Waals surface area contributed by atoms with E-state index in [-0.39, 0.29) is 11.9 Å². The predicted molar refractivity (Wildman–Crippen MR) is 68.8 cm³/mol. The van der Waals surface area contributed by atoms with Gasteiger partial charge < -0.3 is 5.32 Å². The summed E-state index contributed by atoms with van der Waals surface area (Å²) in [6, 6.07) is 0.200. The summed E-state index contributed by atoms with van der Waals surface area (Å²) in [7, 11) is 0. The molecule has 0 bridgehead atoms. The smallest absolute Gasteiger partial charge is 0.252 e. The highest BCUT2D eigenvalue weighted by atomic mass is 16.2. The van der Waals surface area contributed by atoms with Crippen LogP contribution in [0.1, 0.15) is 47.0 Å². The second kappa shape index (κ2) is 4.31. The van der Waals surface area contributed by atoms with Gasteiger partial charge in [0, 0.05) is 6.04 Å². The molecule has 2 atom stereocenters. The van der Waals surface area contributed by atoms with E-state index in [1.807, 2.05) is 13.8 Å². The molecule has 1 saturated heterocycles. The lowest BCUT2D eigenvalue weighted by atomic mass is 9.72. The molecular weight excluding hydrogens is 214 g/mol. The van der Waals surface area contributed by atoms with Crippen LogP contribution < -0.4 is 10.6 Å². The molecule has 4 heteroatoms. The third kappa shape index (κ3) is 2.45. The van der Waals surface area contributed by atoms with Gasteiger partial charge in [-0.2, -0.15) is 0 Å². The molecule has 2 fully saturated rings. The summed E-state index contributed by atoms with van der Waals surface area (Å²) >= 11 is 0. The molecule has 2 rings (SSSR count). The number of hydrogen-bond donors (Lipinski definition) is 2. The normalized spacial score (nSPS) is 39.8. The van der Waals surface area contributed by atoms with Gasteiger partial charge in [-0.1, -0.05) is 13.8 Å². The van der Waals surface area contributed by atoms with Crippen molar-refractivity contribution in [1.82, 2.24) is 10.6 Å². The minimum Gasteiger partial charge on any atom is -0.342 e. The lowest BCUT2D eigenvalue weighted by Gasteiger charge is -2.37. The second-order valence-electron chi connectivity index (χ2n) is 6.09. The standard InChI is InChI=1S/C13H23N3O/c1-8(2)14-12-15-11(17)13(16-12)6-9(3)5-10(4)7-13/h8-10H,5-7H2,1-4H3,(H2,14,15,16,17). The van der Waals surface area contributed by atoms with Gasteiger partial charge in [-0.15, -0.1) is 0 Å². The number of hydrogen-bond acceptors (Lipinski definition) is 2. The third-order valence-corrected chi connectivity index (χ3v) is 3.61. The molecule has 2 N–H and O–H groups in total. The first kappa shape index (κ1) is 12.4. The van der Waals surface area contributed by atoms with E-state index in [1.54, 1.807) is 0 Å². The zero-order valence-electron chi connectivity index (χ0n) is 11.2. The van der Waals surface area contributed by atoms with Crippen molar-refractivity contribution in [3.63, 3.8) is 0 Å². The average molecular weight is 237 g/mol. The van der Waals surface area contributed by atoms with Crippen LogP contribution in [-0.4, -0.2) is 23.4 Å². The van der Waals surface area contributed by atoms with Crippen molar-refractivity contribution in [3.8, 4) is 0 Å². The van der Waals surface area contributed by atoms with Crippen LogP contribution in [0.15, 0.2) is 4.99 Å². The summed E-state index contributed by atoms with van der Waals surface area (Å²) in [4.78, 5) is 16.6. The monoisotopic (exact) mass is 237 g/mol. The maximum Gasteiger partial charge on any atom is 0.252 e. The van der Waals surface area contributed by atoms with Crippen LogP contribution in [-0.2, 0) is 4.79 Å². The van der Waals surface area contributed by atoms with Crippen molar-refractivity contribution in [1.29, 1.82) is 0 Å². The van der Waals surface area contributed by atoms with Crippen molar-refractivity contribution < 1.29 is 4.79 Å². The predicted octanol–water partition coefficient (Wildman–Crippen LogP) is 1.67. The molecule has 17 heavy (non-hydrogen) atoms. The SMILES string of the molecule is CC1CC(C)CC2(C1)NC(=NC(C)C)NC2=O. The molecule has 0 aromatic rings. The average Bonchev–Trinajstić information content (AvgIpc) is 2.38. The zero-order valence-corrected chi connectivity index (χ0v) is 11.2. The highest BCUT2D eigenvalue weighted by molar-refractivity contribution is 6.09. The molecule has 0 radical (unpaired) electrons. The van der Waals surface area contributed by atoms with Crippen molar-refractivity contribution in [2.45, 2.75) is 58.5 Å². The molecule has 2 unspecified atom stereocenters.